The fraction of sp³-hybridized carbons (Fsp3) is 0.400. The molecule has 8 heteroatoms. The summed E-state index contributed by atoms with van der Waals surface area (Å²) in [6.07, 6.45) is 4.27. The van der Waals surface area contributed by atoms with E-state index >= 15 is 0 Å². The van der Waals surface area contributed by atoms with E-state index in [0.29, 0.717) is 31.7 Å². The van der Waals surface area contributed by atoms with Crippen molar-refractivity contribution in [1.82, 2.24) is 24.8 Å². The third-order valence-electron chi connectivity index (χ3n) is 6.71. The van der Waals surface area contributed by atoms with E-state index in [0.717, 1.165) is 53.1 Å². The number of fused-ring (bicyclic) bond motifs is 2. The van der Waals surface area contributed by atoms with Crippen LogP contribution in [0, 0.1) is 0 Å². The quantitative estimate of drug-likeness (QED) is 0.668. The van der Waals surface area contributed by atoms with Gasteiger partial charge in [-0.1, -0.05) is 24.3 Å². The summed E-state index contributed by atoms with van der Waals surface area (Å²) in [6, 6.07) is 9.75. The highest BCUT2D eigenvalue weighted by atomic mass is 16.2. The lowest BCUT2D eigenvalue weighted by atomic mass is 9.96. The number of carbonyl (C=O) groups is 2. The standard InChI is InChI=1S/C25H28N6O2/c1-16(32)30-12-5-7-18(14-30)23-28-21-15-31(13-10-20(21)24(26-2)29-23)25(33)22-19-8-4-3-6-17(19)9-11-27-22/h3-4,6,8-9,11,18H,5,7,10,12-15H2,1-2H3,(H,26,28,29)/t18-/m0/s1. The molecule has 1 fully saturated rings. The summed E-state index contributed by atoms with van der Waals surface area (Å²) in [5.74, 6) is 1.69. The Kier molecular flexibility index (Phi) is 5.66. The number of benzene rings is 1. The van der Waals surface area contributed by atoms with Crippen LogP contribution in [0.4, 0.5) is 5.82 Å². The van der Waals surface area contributed by atoms with Crippen molar-refractivity contribution in [2.24, 2.45) is 0 Å². The van der Waals surface area contributed by atoms with Crippen LogP contribution in [0.3, 0.4) is 0 Å². The second-order valence-corrected chi connectivity index (χ2v) is 8.77. The van der Waals surface area contributed by atoms with E-state index in [2.05, 4.69) is 10.3 Å². The van der Waals surface area contributed by atoms with Crippen LogP contribution < -0.4 is 5.32 Å². The molecular weight excluding hydrogens is 416 g/mol. The molecule has 0 unspecified atom stereocenters. The zero-order chi connectivity index (χ0) is 22.9. The number of nitrogens with zero attached hydrogens (tertiary/aromatic N) is 5. The molecule has 0 radical (unpaired) electrons. The number of pyridine rings is 1. The van der Waals surface area contributed by atoms with Crippen LogP contribution >= 0.6 is 0 Å². The molecule has 8 nitrogen and oxygen atoms in total. The minimum Gasteiger partial charge on any atom is -0.373 e. The summed E-state index contributed by atoms with van der Waals surface area (Å²) in [7, 11) is 1.87. The fourth-order valence-electron chi connectivity index (χ4n) is 4.93. The highest BCUT2D eigenvalue weighted by molar-refractivity contribution is 6.05. The van der Waals surface area contributed by atoms with Crippen LogP contribution in [0.15, 0.2) is 36.5 Å². The topological polar surface area (TPSA) is 91.3 Å². The van der Waals surface area contributed by atoms with E-state index in [4.69, 9.17) is 9.97 Å². The summed E-state index contributed by atoms with van der Waals surface area (Å²) in [6.45, 7) is 4.05. The molecule has 2 aliphatic heterocycles. The summed E-state index contributed by atoms with van der Waals surface area (Å²) in [5, 5.41) is 5.09. The van der Waals surface area contributed by atoms with E-state index in [1.54, 1.807) is 13.1 Å². The molecule has 2 aromatic heterocycles. The summed E-state index contributed by atoms with van der Waals surface area (Å²) >= 11 is 0. The molecule has 1 saturated heterocycles. The van der Waals surface area contributed by atoms with Gasteiger partial charge in [0.1, 0.15) is 17.3 Å². The number of rotatable bonds is 3. The number of nitrogens with one attached hydrogen (secondary N) is 1. The first-order valence-electron chi connectivity index (χ1n) is 11.5. The van der Waals surface area contributed by atoms with Crippen molar-refractivity contribution in [3.63, 3.8) is 0 Å². The molecule has 0 saturated carbocycles. The molecule has 5 rings (SSSR count). The molecular formula is C25H28N6O2. The Balaban J connectivity index is 1.45. The zero-order valence-corrected chi connectivity index (χ0v) is 19.0. The normalized spacial score (nSPS) is 18.2. The summed E-state index contributed by atoms with van der Waals surface area (Å²) in [4.78, 5) is 43.2. The Morgan fingerprint density at radius 3 is 2.76 bits per heavy atom. The van der Waals surface area contributed by atoms with Crippen LogP contribution in [-0.4, -0.2) is 63.2 Å². The molecule has 1 N–H and O–H groups in total. The van der Waals surface area contributed by atoms with Gasteiger partial charge < -0.3 is 15.1 Å². The Hall–Kier alpha value is -3.55. The maximum absolute atomic E-state index is 13.4. The Morgan fingerprint density at radius 2 is 1.94 bits per heavy atom. The molecule has 4 heterocycles. The lowest BCUT2D eigenvalue weighted by Gasteiger charge is -2.33. The van der Waals surface area contributed by atoms with Crippen LogP contribution in [0.5, 0.6) is 0 Å². The second kappa shape index (κ2) is 8.77. The molecule has 33 heavy (non-hydrogen) atoms. The lowest BCUT2D eigenvalue weighted by Crippen LogP contribution is -2.39. The van der Waals surface area contributed by atoms with Gasteiger partial charge >= 0.3 is 0 Å². The van der Waals surface area contributed by atoms with Gasteiger partial charge in [-0.15, -0.1) is 0 Å². The van der Waals surface area contributed by atoms with Crippen LogP contribution in [-0.2, 0) is 17.8 Å². The predicted octanol–water partition coefficient (Wildman–Crippen LogP) is 2.99. The summed E-state index contributed by atoms with van der Waals surface area (Å²) in [5.41, 5.74) is 2.42. The number of piperidine rings is 1. The van der Waals surface area contributed by atoms with Gasteiger partial charge in [0.05, 0.1) is 12.2 Å². The van der Waals surface area contributed by atoms with Crippen molar-refractivity contribution in [2.75, 3.05) is 32.0 Å². The maximum Gasteiger partial charge on any atom is 0.273 e. The highest BCUT2D eigenvalue weighted by Crippen LogP contribution is 2.30. The van der Waals surface area contributed by atoms with Crippen molar-refractivity contribution in [1.29, 1.82) is 0 Å². The number of carbonyl (C=O) groups excluding carboxylic acids is 2. The SMILES string of the molecule is CNc1nc([C@H]2CCCN(C(C)=O)C2)nc2c1CCN(C(=O)c1nccc3ccccc13)C2. The minimum atomic E-state index is -0.0796. The maximum atomic E-state index is 13.4. The Labute approximate surface area is 193 Å². The van der Waals surface area contributed by atoms with Crippen molar-refractivity contribution >= 4 is 28.4 Å². The van der Waals surface area contributed by atoms with Gasteiger partial charge in [0.25, 0.3) is 5.91 Å². The van der Waals surface area contributed by atoms with Crippen molar-refractivity contribution in [2.45, 2.75) is 38.6 Å². The van der Waals surface area contributed by atoms with Gasteiger partial charge in [0.15, 0.2) is 0 Å². The zero-order valence-electron chi connectivity index (χ0n) is 19.0. The van der Waals surface area contributed by atoms with E-state index in [1.807, 2.05) is 47.2 Å². The molecule has 0 bridgehead atoms. The smallest absolute Gasteiger partial charge is 0.273 e. The largest absolute Gasteiger partial charge is 0.373 e. The van der Waals surface area contributed by atoms with E-state index in [1.165, 1.54) is 0 Å². The van der Waals surface area contributed by atoms with Gasteiger partial charge in [-0.25, -0.2) is 9.97 Å². The number of likely N-dealkylation sites (tertiary alicyclic amines) is 1. The average Bonchev–Trinajstić information content (AvgIpc) is 2.86. The average molecular weight is 445 g/mol. The third kappa shape index (κ3) is 4.01. The van der Waals surface area contributed by atoms with E-state index in [-0.39, 0.29) is 17.7 Å². The number of hydrogen-bond acceptors (Lipinski definition) is 6. The first-order chi connectivity index (χ1) is 16.0. The molecule has 3 aromatic rings. The monoisotopic (exact) mass is 444 g/mol. The number of amides is 2. The van der Waals surface area contributed by atoms with Crippen molar-refractivity contribution < 1.29 is 9.59 Å². The van der Waals surface area contributed by atoms with Gasteiger partial charge in [0, 0.05) is 56.7 Å². The predicted molar refractivity (Wildman–Crippen MR) is 126 cm³/mol. The van der Waals surface area contributed by atoms with Crippen molar-refractivity contribution in [3.8, 4) is 0 Å². The molecule has 1 aromatic carbocycles. The van der Waals surface area contributed by atoms with Crippen LogP contribution in [0.1, 0.15) is 53.3 Å². The van der Waals surface area contributed by atoms with Gasteiger partial charge in [-0.05, 0) is 30.7 Å². The summed E-state index contributed by atoms with van der Waals surface area (Å²) < 4.78 is 0. The fourth-order valence-corrected chi connectivity index (χ4v) is 4.93. The highest BCUT2D eigenvalue weighted by Gasteiger charge is 2.30. The number of aromatic nitrogens is 3. The lowest BCUT2D eigenvalue weighted by molar-refractivity contribution is -0.130. The molecule has 0 aliphatic carbocycles. The first kappa shape index (κ1) is 21.3. The van der Waals surface area contributed by atoms with Gasteiger partial charge in [-0.3, -0.25) is 14.6 Å². The van der Waals surface area contributed by atoms with Gasteiger partial charge in [-0.2, -0.15) is 0 Å². The molecule has 0 spiro atoms. The van der Waals surface area contributed by atoms with Gasteiger partial charge in [0.2, 0.25) is 5.91 Å². The third-order valence-corrected chi connectivity index (χ3v) is 6.71. The molecule has 170 valence electrons. The second-order valence-electron chi connectivity index (χ2n) is 8.77. The number of hydrogen-bond donors (Lipinski definition) is 1. The molecule has 1 atom stereocenters. The van der Waals surface area contributed by atoms with E-state index in [9.17, 15) is 9.59 Å². The molecule has 2 aliphatic rings. The Bertz CT molecular complexity index is 1220. The minimum absolute atomic E-state index is 0.0796. The van der Waals surface area contributed by atoms with Crippen LogP contribution in [0.2, 0.25) is 0 Å². The van der Waals surface area contributed by atoms with E-state index < -0.39 is 0 Å². The first-order valence-corrected chi connectivity index (χ1v) is 11.5. The van der Waals surface area contributed by atoms with Crippen molar-refractivity contribution in [3.05, 3.63) is 59.3 Å². The number of anilines is 1. The Morgan fingerprint density at radius 1 is 1.09 bits per heavy atom. The van der Waals surface area contributed by atoms with Crippen LogP contribution in [0.25, 0.3) is 10.8 Å². The molecule has 2 amide bonds.